The maximum Gasteiger partial charge on any atom is 0.242 e. The van der Waals surface area contributed by atoms with Crippen LogP contribution in [-0.2, 0) is 16.0 Å². The molecule has 1 saturated carbocycles. The monoisotopic (exact) mass is 346 g/mol. The summed E-state index contributed by atoms with van der Waals surface area (Å²) in [6, 6.07) is 9.03. The molecule has 3 N–H and O–H groups in total. The molecule has 1 aliphatic rings. The van der Waals surface area contributed by atoms with Crippen molar-refractivity contribution in [3.05, 3.63) is 35.9 Å². The zero-order chi connectivity index (χ0) is 18.1. The average Bonchev–Trinajstić information content (AvgIpc) is 2.60. The topological polar surface area (TPSA) is 78.4 Å². The second kappa shape index (κ2) is 10.2. The highest BCUT2D eigenvalue weighted by Gasteiger charge is 2.23. The molecule has 0 radical (unpaired) electrons. The number of hydrogen-bond donors (Lipinski definition) is 3. The zero-order valence-corrected chi connectivity index (χ0v) is 15.0. The summed E-state index contributed by atoms with van der Waals surface area (Å²) in [5.41, 5.74) is 0.937. The van der Waals surface area contributed by atoms with Gasteiger partial charge < -0.3 is 15.7 Å². The van der Waals surface area contributed by atoms with Gasteiger partial charge in [0.05, 0.1) is 12.5 Å². The van der Waals surface area contributed by atoms with E-state index in [2.05, 4.69) is 10.6 Å². The minimum absolute atomic E-state index is 0.122. The molecule has 1 aliphatic carbocycles. The fourth-order valence-electron chi connectivity index (χ4n) is 3.40. The molecule has 3 unspecified atom stereocenters. The van der Waals surface area contributed by atoms with E-state index in [0.717, 1.165) is 37.7 Å². The summed E-state index contributed by atoms with van der Waals surface area (Å²) >= 11 is 0. The molecule has 0 saturated heterocycles. The van der Waals surface area contributed by atoms with E-state index in [0.29, 0.717) is 18.9 Å². The Hall–Kier alpha value is -1.88. The van der Waals surface area contributed by atoms with Gasteiger partial charge in [-0.3, -0.25) is 9.59 Å². The summed E-state index contributed by atoms with van der Waals surface area (Å²) in [5, 5.41) is 15.6. The second-order valence-corrected chi connectivity index (χ2v) is 7.00. The molecule has 1 fully saturated rings. The molecule has 5 nitrogen and oxygen atoms in total. The summed E-state index contributed by atoms with van der Waals surface area (Å²) in [7, 11) is 0. The van der Waals surface area contributed by atoms with Gasteiger partial charge >= 0.3 is 0 Å². The second-order valence-electron chi connectivity index (χ2n) is 7.00. The van der Waals surface area contributed by atoms with Crippen LogP contribution in [0.3, 0.4) is 0 Å². The fraction of sp³-hybridized carbons (Fsp3) is 0.600. The Morgan fingerprint density at radius 2 is 2.00 bits per heavy atom. The number of aliphatic hydroxyl groups is 1. The van der Waals surface area contributed by atoms with Crippen molar-refractivity contribution in [1.82, 2.24) is 10.6 Å². The summed E-state index contributed by atoms with van der Waals surface area (Å²) in [6.45, 7) is 2.58. The van der Waals surface area contributed by atoms with E-state index < -0.39 is 6.04 Å². The Morgan fingerprint density at radius 3 is 2.68 bits per heavy atom. The standard InChI is InChI=1S/C20H30N2O3/c1-2-7-18(22-19(24)13-15-8-4-3-5-9-15)20(25)21-14-16-10-6-11-17(23)12-16/h3-5,8-9,16-18,23H,2,6-7,10-14H2,1H3,(H,21,25)(H,22,24). The quantitative estimate of drug-likeness (QED) is 0.675. The Balaban J connectivity index is 1.81. The SMILES string of the molecule is CCCC(NC(=O)Cc1ccccc1)C(=O)NCC1CCCC(O)C1. The van der Waals surface area contributed by atoms with Crippen LogP contribution >= 0.6 is 0 Å². The van der Waals surface area contributed by atoms with Crippen molar-refractivity contribution >= 4 is 11.8 Å². The van der Waals surface area contributed by atoms with Crippen LogP contribution in [0.2, 0.25) is 0 Å². The van der Waals surface area contributed by atoms with Crippen molar-refractivity contribution < 1.29 is 14.7 Å². The van der Waals surface area contributed by atoms with E-state index in [1.54, 1.807) is 0 Å². The molecule has 0 bridgehead atoms. The summed E-state index contributed by atoms with van der Waals surface area (Å²) in [4.78, 5) is 24.7. The van der Waals surface area contributed by atoms with Gasteiger partial charge in [-0.05, 0) is 37.2 Å². The lowest BCUT2D eigenvalue weighted by Crippen LogP contribution is -2.48. The Morgan fingerprint density at radius 1 is 1.24 bits per heavy atom. The van der Waals surface area contributed by atoms with Gasteiger partial charge in [0.25, 0.3) is 0 Å². The van der Waals surface area contributed by atoms with E-state index in [9.17, 15) is 14.7 Å². The van der Waals surface area contributed by atoms with Crippen molar-refractivity contribution in [1.29, 1.82) is 0 Å². The largest absolute Gasteiger partial charge is 0.393 e. The minimum atomic E-state index is -0.491. The summed E-state index contributed by atoms with van der Waals surface area (Å²) in [5.74, 6) is 0.0752. The van der Waals surface area contributed by atoms with Crippen LogP contribution in [0.4, 0.5) is 0 Å². The zero-order valence-electron chi connectivity index (χ0n) is 15.0. The van der Waals surface area contributed by atoms with Crippen molar-refractivity contribution in [3.8, 4) is 0 Å². The first-order valence-electron chi connectivity index (χ1n) is 9.37. The summed E-state index contributed by atoms with van der Waals surface area (Å²) in [6.07, 6.45) is 5.14. The smallest absolute Gasteiger partial charge is 0.242 e. The van der Waals surface area contributed by atoms with E-state index in [4.69, 9.17) is 0 Å². The molecular formula is C20H30N2O3. The van der Waals surface area contributed by atoms with Gasteiger partial charge in [0.15, 0.2) is 0 Å². The number of hydrogen-bond acceptors (Lipinski definition) is 3. The lowest BCUT2D eigenvalue weighted by molar-refractivity contribution is -0.129. The van der Waals surface area contributed by atoms with Crippen LogP contribution in [0.25, 0.3) is 0 Å². The molecule has 0 heterocycles. The number of amides is 2. The molecule has 138 valence electrons. The van der Waals surface area contributed by atoms with Crippen LogP contribution in [0, 0.1) is 5.92 Å². The van der Waals surface area contributed by atoms with Crippen LogP contribution < -0.4 is 10.6 Å². The molecule has 0 aliphatic heterocycles. The molecule has 2 rings (SSSR count). The predicted molar refractivity (Wildman–Crippen MR) is 98.0 cm³/mol. The van der Waals surface area contributed by atoms with E-state index in [1.165, 1.54) is 0 Å². The van der Waals surface area contributed by atoms with Crippen LogP contribution in [0.15, 0.2) is 30.3 Å². The Labute approximate surface area is 150 Å². The van der Waals surface area contributed by atoms with Gasteiger partial charge in [-0.2, -0.15) is 0 Å². The van der Waals surface area contributed by atoms with Crippen LogP contribution in [0.5, 0.6) is 0 Å². The number of rotatable bonds is 8. The maximum absolute atomic E-state index is 12.5. The van der Waals surface area contributed by atoms with E-state index >= 15 is 0 Å². The first-order valence-corrected chi connectivity index (χ1v) is 9.37. The summed E-state index contributed by atoms with van der Waals surface area (Å²) < 4.78 is 0. The van der Waals surface area contributed by atoms with Gasteiger partial charge in [-0.1, -0.05) is 50.1 Å². The number of benzene rings is 1. The Bertz CT molecular complexity index is 547. The lowest BCUT2D eigenvalue weighted by atomic mass is 9.87. The highest BCUT2D eigenvalue weighted by Crippen LogP contribution is 2.23. The fourth-order valence-corrected chi connectivity index (χ4v) is 3.40. The normalized spacial score (nSPS) is 21.4. The van der Waals surface area contributed by atoms with Gasteiger partial charge in [-0.15, -0.1) is 0 Å². The maximum atomic E-state index is 12.5. The third-order valence-electron chi connectivity index (χ3n) is 4.76. The van der Waals surface area contributed by atoms with Gasteiger partial charge in [-0.25, -0.2) is 0 Å². The molecule has 1 aromatic rings. The van der Waals surface area contributed by atoms with Crippen molar-refractivity contribution in [2.45, 2.75) is 64.0 Å². The van der Waals surface area contributed by atoms with Crippen LogP contribution in [0.1, 0.15) is 51.0 Å². The predicted octanol–water partition coefficient (Wildman–Crippen LogP) is 2.18. The van der Waals surface area contributed by atoms with Crippen molar-refractivity contribution in [3.63, 3.8) is 0 Å². The highest BCUT2D eigenvalue weighted by molar-refractivity contribution is 5.88. The lowest BCUT2D eigenvalue weighted by Gasteiger charge is -2.27. The molecule has 3 atom stereocenters. The van der Waals surface area contributed by atoms with E-state index in [-0.39, 0.29) is 24.3 Å². The van der Waals surface area contributed by atoms with Crippen LogP contribution in [-0.4, -0.2) is 35.6 Å². The first kappa shape index (κ1) is 19.4. The molecule has 2 amide bonds. The molecule has 1 aromatic carbocycles. The Kier molecular flexibility index (Phi) is 7.92. The molecule has 25 heavy (non-hydrogen) atoms. The molecule has 0 spiro atoms. The van der Waals surface area contributed by atoms with Crippen molar-refractivity contribution in [2.75, 3.05) is 6.54 Å². The minimum Gasteiger partial charge on any atom is -0.393 e. The third-order valence-corrected chi connectivity index (χ3v) is 4.76. The van der Waals surface area contributed by atoms with Gasteiger partial charge in [0, 0.05) is 6.54 Å². The number of carbonyl (C=O) groups is 2. The van der Waals surface area contributed by atoms with Gasteiger partial charge in [0.1, 0.15) is 6.04 Å². The average molecular weight is 346 g/mol. The number of aliphatic hydroxyl groups excluding tert-OH is 1. The molecular weight excluding hydrogens is 316 g/mol. The van der Waals surface area contributed by atoms with Crippen molar-refractivity contribution in [2.24, 2.45) is 5.92 Å². The third kappa shape index (κ3) is 6.86. The number of nitrogens with one attached hydrogen (secondary N) is 2. The van der Waals surface area contributed by atoms with Gasteiger partial charge in [0.2, 0.25) is 11.8 Å². The molecule has 5 heteroatoms. The first-order chi connectivity index (χ1) is 12.1. The highest BCUT2D eigenvalue weighted by atomic mass is 16.3. The molecule has 0 aromatic heterocycles. The van der Waals surface area contributed by atoms with E-state index in [1.807, 2.05) is 37.3 Å². The number of carbonyl (C=O) groups excluding carboxylic acids is 2.